The number of aromatic nitrogens is 1. The predicted octanol–water partition coefficient (Wildman–Crippen LogP) is 2.53. The molecule has 1 aromatic carbocycles. The summed E-state index contributed by atoms with van der Waals surface area (Å²) in [5.74, 6) is 0. The first-order valence-corrected chi connectivity index (χ1v) is 5.94. The average molecular weight is 229 g/mol. The number of anilines is 1. The van der Waals surface area contributed by atoms with E-state index >= 15 is 0 Å². The molecule has 0 saturated carbocycles. The molecule has 0 aliphatic carbocycles. The van der Waals surface area contributed by atoms with Crippen LogP contribution in [0.25, 0.3) is 10.9 Å². The van der Waals surface area contributed by atoms with Crippen molar-refractivity contribution in [3.63, 3.8) is 0 Å². The van der Waals surface area contributed by atoms with Gasteiger partial charge in [0, 0.05) is 29.9 Å². The first-order chi connectivity index (χ1) is 8.11. The summed E-state index contributed by atoms with van der Waals surface area (Å²) in [6.07, 6.45) is 0. The number of benzene rings is 1. The number of nitrogens with one attached hydrogen (secondary N) is 1. The Labute approximate surface area is 102 Å². The van der Waals surface area contributed by atoms with Crippen LogP contribution in [-0.2, 0) is 0 Å². The highest BCUT2D eigenvalue weighted by molar-refractivity contribution is 5.93. The van der Waals surface area contributed by atoms with E-state index in [9.17, 15) is 0 Å². The van der Waals surface area contributed by atoms with Crippen molar-refractivity contribution in [3.8, 4) is 0 Å². The summed E-state index contributed by atoms with van der Waals surface area (Å²) < 4.78 is 0. The largest absolute Gasteiger partial charge is 0.383 e. The zero-order valence-electron chi connectivity index (χ0n) is 10.7. The van der Waals surface area contributed by atoms with Gasteiger partial charge in [-0.3, -0.25) is 4.98 Å². The molecular weight excluding hydrogens is 210 g/mol. The van der Waals surface area contributed by atoms with Gasteiger partial charge in [0.25, 0.3) is 0 Å². The van der Waals surface area contributed by atoms with E-state index in [1.165, 1.54) is 16.5 Å². The fourth-order valence-electron chi connectivity index (χ4n) is 2.16. The summed E-state index contributed by atoms with van der Waals surface area (Å²) in [6.45, 7) is 7.65. The molecule has 0 spiro atoms. The van der Waals surface area contributed by atoms with E-state index < -0.39 is 0 Å². The second kappa shape index (κ2) is 4.72. The van der Waals surface area contributed by atoms with Gasteiger partial charge in [-0.1, -0.05) is 11.6 Å². The summed E-state index contributed by atoms with van der Waals surface area (Å²) in [5, 5.41) is 4.55. The summed E-state index contributed by atoms with van der Waals surface area (Å²) in [7, 11) is 0. The Morgan fingerprint density at radius 2 is 1.94 bits per heavy atom. The summed E-state index contributed by atoms with van der Waals surface area (Å²) in [5.41, 5.74) is 11.3. The number of nitrogens with zero attached hydrogens (tertiary/aromatic N) is 1. The van der Waals surface area contributed by atoms with Crippen molar-refractivity contribution in [2.24, 2.45) is 5.73 Å². The Bertz CT molecular complexity index is 547. The minimum absolute atomic E-state index is 0.633. The van der Waals surface area contributed by atoms with E-state index in [1.807, 2.05) is 6.92 Å². The van der Waals surface area contributed by atoms with Crippen LogP contribution >= 0.6 is 0 Å². The van der Waals surface area contributed by atoms with Gasteiger partial charge in [0.15, 0.2) is 0 Å². The molecule has 3 heteroatoms. The second-order valence-corrected chi connectivity index (χ2v) is 4.50. The molecule has 0 atom stereocenters. The Balaban J connectivity index is 2.64. The van der Waals surface area contributed by atoms with Crippen molar-refractivity contribution in [2.75, 3.05) is 18.4 Å². The molecule has 90 valence electrons. The van der Waals surface area contributed by atoms with Crippen LogP contribution in [0.15, 0.2) is 18.2 Å². The highest BCUT2D eigenvalue weighted by Gasteiger charge is 2.06. The van der Waals surface area contributed by atoms with Crippen LogP contribution in [0.2, 0.25) is 0 Å². The summed E-state index contributed by atoms with van der Waals surface area (Å²) in [4.78, 5) is 4.61. The third-order valence-electron chi connectivity index (χ3n) is 2.84. The molecule has 0 radical (unpaired) electrons. The van der Waals surface area contributed by atoms with Gasteiger partial charge in [0.05, 0.1) is 5.52 Å². The third-order valence-corrected chi connectivity index (χ3v) is 2.84. The molecule has 0 aliphatic heterocycles. The van der Waals surface area contributed by atoms with Crippen molar-refractivity contribution in [1.82, 2.24) is 4.98 Å². The number of hydrogen-bond donors (Lipinski definition) is 2. The lowest BCUT2D eigenvalue weighted by Crippen LogP contribution is -2.13. The van der Waals surface area contributed by atoms with Gasteiger partial charge in [-0.25, -0.2) is 0 Å². The Hall–Kier alpha value is -1.61. The zero-order chi connectivity index (χ0) is 12.4. The Morgan fingerprint density at radius 3 is 2.65 bits per heavy atom. The first kappa shape index (κ1) is 11.9. The van der Waals surface area contributed by atoms with E-state index in [4.69, 9.17) is 5.73 Å². The van der Waals surface area contributed by atoms with Crippen LogP contribution in [0, 0.1) is 20.8 Å². The first-order valence-electron chi connectivity index (χ1n) is 5.94. The maximum atomic E-state index is 5.54. The molecule has 0 bridgehead atoms. The number of fused-ring (bicyclic) bond motifs is 1. The van der Waals surface area contributed by atoms with Crippen molar-refractivity contribution in [3.05, 3.63) is 35.0 Å². The molecular formula is C14H19N3. The minimum Gasteiger partial charge on any atom is -0.383 e. The molecule has 1 heterocycles. The van der Waals surface area contributed by atoms with E-state index in [-0.39, 0.29) is 0 Å². The predicted molar refractivity (Wildman–Crippen MR) is 73.5 cm³/mol. The van der Waals surface area contributed by atoms with Gasteiger partial charge in [-0.2, -0.15) is 0 Å². The normalized spacial score (nSPS) is 10.8. The maximum Gasteiger partial charge on any atom is 0.0755 e. The molecule has 0 unspecified atom stereocenters. The number of nitrogens with two attached hydrogens (primary N) is 1. The second-order valence-electron chi connectivity index (χ2n) is 4.50. The van der Waals surface area contributed by atoms with Crippen molar-refractivity contribution in [1.29, 1.82) is 0 Å². The fraction of sp³-hybridized carbons (Fsp3) is 0.357. The molecule has 0 amide bonds. The van der Waals surface area contributed by atoms with Gasteiger partial charge in [-0.05, 0) is 38.5 Å². The van der Waals surface area contributed by atoms with Crippen molar-refractivity contribution in [2.45, 2.75) is 20.8 Å². The van der Waals surface area contributed by atoms with Crippen LogP contribution in [0.1, 0.15) is 16.8 Å². The van der Waals surface area contributed by atoms with E-state index in [0.29, 0.717) is 6.54 Å². The lowest BCUT2D eigenvalue weighted by Gasteiger charge is -2.12. The average Bonchev–Trinajstić information content (AvgIpc) is 2.27. The molecule has 1 aromatic heterocycles. The van der Waals surface area contributed by atoms with Crippen LogP contribution in [0.4, 0.5) is 5.69 Å². The van der Waals surface area contributed by atoms with Gasteiger partial charge >= 0.3 is 0 Å². The summed E-state index contributed by atoms with van der Waals surface area (Å²) >= 11 is 0. The summed E-state index contributed by atoms with van der Waals surface area (Å²) in [6, 6.07) is 6.42. The molecule has 17 heavy (non-hydrogen) atoms. The van der Waals surface area contributed by atoms with E-state index in [2.05, 4.69) is 42.3 Å². The zero-order valence-corrected chi connectivity index (χ0v) is 10.7. The van der Waals surface area contributed by atoms with Crippen molar-refractivity contribution >= 4 is 16.6 Å². The lowest BCUT2D eigenvalue weighted by molar-refractivity contribution is 1.02. The smallest absolute Gasteiger partial charge is 0.0755 e. The molecule has 0 aliphatic rings. The Kier molecular flexibility index (Phi) is 3.29. The van der Waals surface area contributed by atoms with Gasteiger partial charge in [-0.15, -0.1) is 0 Å². The molecule has 3 nitrogen and oxygen atoms in total. The van der Waals surface area contributed by atoms with E-state index in [1.54, 1.807) is 0 Å². The lowest BCUT2D eigenvalue weighted by atomic mass is 10.0. The molecule has 0 saturated heterocycles. The number of rotatable bonds is 3. The number of pyridine rings is 1. The van der Waals surface area contributed by atoms with Crippen LogP contribution < -0.4 is 11.1 Å². The standard InChI is InChI=1S/C14H19N3/c1-9-6-10(2)14-12(7-9)13(16-5-4-15)8-11(3)17-14/h6-8H,4-5,15H2,1-3H3,(H,16,17). The fourth-order valence-corrected chi connectivity index (χ4v) is 2.16. The molecule has 0 fully saturated rings. The quantitative estimate of drug-likeness (QED) is 0.850. The maximum absolute atomic E-state index is 5.54. The van der Waals surface area contributed by atoms with Gasteiger partial charge in [0.1, 0.15) is 0 Å². The highest BCUT2D eigenvalue weighted by Crippen LogP contribution is 2.26. The number of aryl methyl sites for hydroxylation is 3. The molecule has 3 N–H and O–H groups in total. The van der Waals surface area contributed by atoms with Crippen LogP contribution in [-0.4, -0.2) is 18.1 Å². The van der Waals surface area contributed by atoms with Crippen LogP contribution in [0.5, 0.6) is 0 Å². The number of hydrogen-bond acceptors (Lipinski definition) is 3. The van der Waals surface area contributed by atoms with Gasteiger partial charge < -0.3 is 11.1 Å². The Morgan fingerprint density at radius 1 is 1.18 bits per heavy atom. The SMILES string of the molecule is Cc1cc(C)c2nc(C)cc(NCCN)c2c1. The monoisotopic (exact) mass is 229 g/mol. The van der Waals surface area contributed by atoms with Crippen molar-refractivity contribution < 1.29 is 0 Å². The minimum atomic E-state index is 0.633. The molecule has 2 aromatic rings. The highest BCUT2D eigenvalue weighted by atomic mass is 14.9. The van der Waals surface area contributed by atoms with E-state index in [0.717, 1.165) is 23.4 Å². The van der Waals surface area contributed by atoms with Crippen LogP contribution in [0.3, 0.4) is 0 Å². The molecule has 2 rings (SSSR count). The van der Waals surface area contributed by atoms with Gasteiger partial charge in [0.2, 0.25) is 0 Å². The third kappa shape index (κ3) is 2.39. The topological polar surface area (TPSA) is 50.9 Å².